The maximum Gasteiger partial charge on any atom is 0.261 e. The fourth-order valence-corrected chi connectivity index (χ4v) is 3.76. The van der Waals surface area contributed by atoms with Gasteiger partial charge in [0.15, 0.2) is 5.13 Å². The van der Waals surface area contributed by atoms with Gasteiger partial charge in [0, 0.05) is 24.2 Å². The van der Waals surface area contributed by atoms with E-state index < -0.39 is 0 Å². The molecule has 3 heterocycles. The average molecular weight is 329 g/mol. The van der Waals surface area contributed by atoms with E-state index in [1.165, 1.54) is 16.2 Å². The molecule has 0 spiro atoms. The number of anilines is 1. The van der Waals surface area contributed by atoms with Crippen LogP contribution in [-0.4, -0.2) is 48.0 Å². The first kappa shape index (κ1) is 14.3. The molecule has 0 atom stereocenters. The van der Waals surface area contributed by atoms with Gasteiger partial charge in [-0.3, -0.25) is 14.5 Å². The van der Waals surface area contributed by atoms with E-state index in [0.29, 0.717) is 24.3 Å². The maximum absolute atomic E-state index is 12.4. The molecule has 1 saturated heterocycles. The fraction of sp³-hybridized carbons (Fsp3) is 0.312. The van der Waals surface area contributed by atoms with E-state index in [0.717, 1.165) is 23.1 Å². The largest absolute Gasteiger partial charge is 0.378 e. The molecule has 0 bridgehead atoms. The standard InChI is InChI=1S/C16H15N3O3S/c20-14-12-3-1-2-4-13(12)15(21)19(14)10-11-9-17-16(23-11)18-5-7-22-8-6-18/h1-4,9H,5-8,10H2. The van der Waals surface area contributed by atoms with E-state index in [2.05, 4.69) is 9.88 Å². The third-order valence-electron chi connectivity index (χ3n) is 4.02. The molecular formula is C16H15N3O3S. The van der Waals surface area contributed by atoms with Crippen molar-refractivity contribution in [1.29, 1.82) is 0 Å². The number of aromatic nitrogens is 1. The maximum atomic E-state index is 12.4. The SMILES string of the molecule is O=C1c2ccccc2C(=O)N1Cc1cnc(N2CCOCC2)s1. The van der Waals surface area contributed by atoms with Gasteiger partial charge in [-0.2, -0.15) is 0 Å². The Hall–Kier alpha value is -2.25. The van der Waals surface area contributed by atoms with Crippen molar-refractivity contribution in [2.45, 2.75) is 6.54 Å². The molecule has 2 aliphatic rings. The predicted molar refractivity (Wildman–Crippen MR) is 85.8 cm³/mol. The lowest BCUT2D eigenvalue weighted by molar-refractivity contribution is 0.0644. The van der Waals surface area contributed by atoms with E-state index in [9.17, 15) is 9.59 Å². The molecule has 0 aliphatic carbocycles. The summed E-state index contributed by atoms with van der Waals surface area (Å²) in [6, 6.07) is 6.94. The van der Waals surface area contributed by atoms with Crippen LogP contribution < -0.4 is 4.90 Å². The van der Waals surface area contributed by atoms with E-state index in [4.69, 9.17) is 4.74 Å². The third kappa shape index (κ3) is 2.51. The van der Waals surface area contributed by atoms with Crippen molar-refractivity contribution >= 4 is 28.3 Å². The molecule has 6 nitrogen and oxygen atoms in total. The van der Waals surface area contributed by atoms with Crippen molar-refractivity contribution in [3.05, 3.63) is 46.5 Å². The Morgan fingerprint density at radius 1 is 1.09 bits per heavy atom. The summed E-state index contributed by atoms with van der Waals surface area (Å²) in [7, 11) is 0. The summed E-state index contributed by atoms with van der Waals surface area (Å²) in [5, 5.41) is 0.917. The molecule has 118 valence electrons. The van der Waals surface area contributed by atoms with Crippen molar-refractivity contribution in [3.63, 3.8) is 0 Å². The molecule has 23 heavy (non-hydrogen) atoms. The molecule has 0 radical (unpaired) electrons. The first-order valence-corrected chi connectivity index (χ1v) is 8.28. The topological polar surface area (TPSA) is 62.7 Å². The van der Waals surface area contributed by atoms with E-state index in [-0.39, 0.29) is 18.4 Å². The molecule has 0 unspecified atom stereocenters. The molecule has 2 aromatic rings. The number of benzene rings is 1. The third-order valence-corrected chi connectivity index (χ3v) is 5.06. The lowest BCUT2D eigenvalue weighted by atomic mass is 10.1. The number of imide groups is 1. The molecule has 1 aromatic carbocycles. The van der Waals surface area contributed by atoms with Crippen LogP contribution in [0.4, 0.5) is 5.13 Å². The van der Waals surface area contributed by atoms with Crippen molar-refractivity contribution in [2.75, 3.05) is 31.2 Å². The van der Waals surface area contributed by atoms with Gasteiger partial charge in [0.05, 0.1) is 30.9 Å². The van der Waals surface area contributed by atoms with Crippen molar-refractivity contribution in [1.82, 2.24) is 9.88 Å². The van der Waals surface area contributed by atoms with Crippen LogP contribution >= 0.6 is 11.3 Å². The lowest BCUT2D eigenvalue weighted by Crippen LogP contribution is -2.36. The highest BCUT2D eigenvalue weighted by molar-refractivity contribution is 7.15. The molecule has 2 aliphatic heterocycles. The number of carbonyl (C=O) groups is 2. The molecular weight excluding hydrogens is 314 g/mol. The van der Waals surface area contributed by atoms with Crippen LogP contribution in [0.1, 0.15) is 25.6 Å². The first-order chi connectivity index (χ1) is 11.2. The number of hydrogen-bond acceptors (Lipinski definition) is 6. The van der Waals surface area contributed by atoms with Gasteiger partial charge in [-0.15, -0.1) is 11.3 Å². The van der Waals surface area contributed by atoms with Crippen LogP contribution in [0.2, 0.25) is 0 Å². The number of ether oxygens (including phenoxy) is 1. The van der Waals surface area contributed by atoms with Gasteiger partial charge < -0.3 is 9.64 Å². The van der Waals surface area contributed by atoms with Crippen LogP contribution in [0.15, 0.2) is 30.5 Å². The second-order valence-electron chi connectivity index (χ2n) is 5.45. The number of thiazole rings is 1. The van der Waals surface area contributed by atoms with Gasteiger partial charge in [-0.1, -0.05) is 12.1 Å². The number of morpholine rings is 1. The Morgan fingerprint density at radius 3 is 2.39 bits per heavy atom. The van der Waals surface area contributed by atoms with Crippen molar-refractivity contribution in [2.24, 2.45) is 0 Å². The normalized spacial score (nSPS) is 17.7. The van der Waals surface area contributed by atoms with Crippen molar-refractivity contribution < 1.29 is 14.3 Å². The summed E-state index contributed by atoms with van der Waals surface area (Å²) >= 11 is 1.52. The highest BCUT2D eigenvalue weighted by Gasteiger charge is 2.35. The lowest BCUT2D eigenvalue weighted by Gasteiger charge is -2.26. The van der Waals surface area contributed by atoms with Gasteiger partial charge in [-0.05, 0) is 12.1 Å². The zero-order valence-electron chi connectivity index (χ0n) is 12.4. The molecule has 0 saturated carbocycles. The Bertz CT molecular complexity index is 732. The van der Waals surface area contributed by atoms with E-state index in [1.54, 1.807) is 30.5 Å². The van der Waals surface area contributed by atoms with Gasteiger partial charge in [0.2, 0.25) is 0 Å². The van der Waals surface area contributed by atoms with Gasteiger partial charge >= 0.3 is 0 Å². The van der Waals surface area contributed by atoms with Gasteiger partial charge in [0.1, 0.15) is 0 Å². The minimum Gasteiger partial charge on any atom is -0.378 e. The molecule has 1 fully saturated rings. The van der Waals surface area contributed by atoms with Crippen LogP contribution in [-0.2, 0) is 11.3 Å². The summed E-state index contributed by atoms with van der Waals surface area (Å²) in [5.74, 6) is -0.459. The minimum atomic E-state index is -0.230. The molecule has 0 N–H and O–H groups in total. The Balaban J connectivity index is 1.52. The Kier molecular flexibility index (Phi) is 3.59. The highest BCUT2D eigenvalue weighted by Crippen LogP contribution is 2.28. The van der Waals surface area contributed by atoms with Crippen LogP contribution in [0.25, 0.3) is 0 Å². The highest BCUT2D eigenvalue weighted by atomic mass is 32.1. The number of nitrogens with zero attached hydrogens (tertiary/aromatic N) is 3. The van der Waals surface area contributed by atoms with Crippen molar-refractivity contribution in [3.8, 4) is 0 Å². The summed E-state index contributed by atoms with van der Waals surface area (Å²) in [5.41, 5.74) is 0.964. The Morgan fingerprint density at radius 2 is 1.74 bits per heavy atom. The smallest absolute Gasteiger partial charge is 0.261 e. The van der Waals surface area contributed by atoms with Crippen LogP contribution in [0.3, 0.4) is 0 Å². The number of hydrogen-bond donors (Lipinski definition) is 0. The van der Waals surface area contributed by atoms with Gasteiger partial charge in [0.25, 0.3) is 11.8 Å². The minimum absolute atomic E-state index is 0.230. The number of fused-ring (bicyclic) bond motifs is 1. The molecule has 4 rings (SSSR count). The number of amides is 2. The summed E-state index contributed by atoms with van der Waals surface area (Å²) in [6.45, 7) is 3.31. The summed E-state index contributed by atoms with van der Waals surface area (Å²) in [6.07, 6.45) is 1.75. The second-order valence-corrected chi connectivity index (χ2v) is 6.54. The van der Waals surface area contributed by atoms with E-state index >= 15 is 0 Å². The quantitative estimate of drug-likeness (QED) is 0.803. The number of carbonyl (C=O) groups excluding carboxylic acids is 2. The van der Waals surface area contributed by atoms with Gasteiger partial charge in [-0.25, -0.2) is 4.98 Å². The fourth-order valence-electron chi connectivity index (χ4n) is 2.81. The average Bonchev–Trinajstić information content (AvgIpc) is 3.16. The first-order valence-electron chi connectivity index (χ1n) is 7.46. The summed E-state index contributed by atoms with van der Waals surface area (Å²) < 4.78 is 5.34. The second kappa shape index (κ2) is 5.75. The zero-order chi connectivity index (χ0) is 15.8. The van der Waals surface area contributed by atoms with E-state index in [1.807, 2.05) is 0 Å². The molecule has 2 amide bonds. The van der Waals surface area contributed by atoms with Crippen LogP contribution in [0.5, 0.6) is 0 Å². The molecule has 7 heteroatoms. The monoisotopic (exact) mass is 329 g/mol. The summed E-state index contributed by atoms with van der Waals surface area (Å²) in [4.78, 5) is 33.5. The predicted octanol–water partition coefficient (Wildman–Crippen LogP) is 1.78. The number of rotatable bonds is 3. The molecule has 1 aromatic heterocycles. The Labute approximate surface area is 137 Å². The van der Waals surface area contributed by atoms with Crippen LogP contribution in [0, 0.1) is 0 Å². The zero-order valence-corrected chi connectivity index (χ0v) is 13.2.